The van der Waals surface area contributed by atoms with Crippen molar-refractivity contribution in [1.29, 1.82) is 0 Å². The Morgan fingerprint density at radius 1 is 0.879 bits per heavy atom. The lowest BCUT2D eigenvalue weighted by atomic mass is 9.93. The van der Waals surface area contributed by atoms with Crippen LogP contribution < -0.4 is 5.32 Å². The van der Waals surface area contributed by atoms with Crippen LogP contribution in [-0.2, 0) is 27.9 Å². The van der Waals surface area contributed by atoms with Gasteiger partial charge in [0, 0.05) is 14.0 Å². The number of hydrogen-bond donors (Lipinski definition) is 2. The molecule has 0 aromatic carbocycles. The topological polar surface area (TPSA) is 95.5 Å². The maximum Gasteiger partial charge on any atom is 0.217 e. The SMILES string of the molecule is CC[Si](CC)(CC)O[C@H]1[C@@H](NC(C)=O)[C@H](COCOC)O[C@H](CO)[C@H]1O[Si](CC)(CC)CC. The van der Waals surface area contributed by atoms with E-state index < -0.39 is 47.1 Å². The molecule has 2 N–H and O–H groups in total. The van der Waals surface area contributed by atoms with Crippen LogP contribution in [0.1, 0.15) is 48.5 Å². The van der Waals surface area contributed by atoms with Crippen LogP contribution in [0.3, 0.4) is 0 Å². The van der Waals surface area contributed by atoms with Gasteiger partial charge in [0.05, 0.1) is 25.4 Å². The largest absolute Gasteiger partial charge is 0.409 e. The molecule has 1 fully saturated rings. The zero-order valence-corrected chi connectivity index (χ0v) is 24.1. The van der Waals surface area contributed by atoms with Gasteiger partial charge in [-0.05, 0) is 36.3 Å². The van der Waals surface area contributed by atoms with E-state index in [1.54, 1.807) is 7.11 Å². The van der Waals surface area contributed by atoms with Gasteiger partial charge in [-0.2, -0.15) is 0 Å². The third-order valence-electron chi connectivity index (χ3n) is 7.47. The molecule has 0 aliphatic carbocycles. The van der Waals surface area contributed by atoms with E-state index in [0.717, 1.165) is 36.3 Å². The molecule has 0 radical (unpaired) electrons. The zero-order valence-electron chi connectivity index (χ0n) is 22.1. The maximum absolute atomic E-state index is 12.3. The summed E-state index contributed by atoms with van der Waals surface area (Å²) in [6, 6.07) is 5.41. The minimum Gasteiger partial charge on any atom is -0.409 e. The Bertz CT molecular complexity index is 544. The van der Waals surface area contributed by atoms with Gasteiger partial charge in [0.1, 0.15) is 25.1 Å². The fourth-order valence-corrected chi connectivity index (χ4v) is 10.5. The fraction of sp³-hybridized carbons (Fsp3) is 0.957. The predicted molar refractivity (Wildman–Crippen MR) is 135 cm³/mol. The summed E-state index contributed by atoms with van der Waals surface area (Å²) in [5.74, 6) is -0.156. The molecule has 0 aromatic heterocycles. The molecule has 0 bridgehead atoms. The van der Waals surface area contributed by atoms with E-state index in [0.29, 0.717) is 0 Å². The second-order valence-electron chi connectivity index (χ2n) is 9.05. The van der Waals surface area contributed by atoms with Crippen LogP contribution in [0, 0.1) is 0 Å². The molecule has 8 nitrogen and oxygen atoms in total. The molecule has 1 rings (SSSR count). The first-order valence-corrected chi connectivity index (χ1v) is 17.8. The van der Waals surface area contributed by atoms with E-state index >= 15 is 0 Å². The number of hydrogen-bond acceptors (Lipinski definition) is 7. The van der Waals surface area contributed by atoms with Crippen molar-refractivity contribution in [3.63, 3.8) is 0 Å². The monoisotopic (exact) mass is 507 g/mol. The average molecular weight is 508 g/mol. The van der Waals surface area contributed by atoms with Crippen molar-refractivity contribution in [3.05, 3.63) is 0 Å². The summed E-state index contributed by atoms with van der Waals surface area (Å²) < 4.78 is 31.0. The van der Waals surface area contributed by atoms with Gasteiger partial charge < -0.3 is 33.5 Å². The zero-order chi connectivity index (χ0) is 25.1. The minimum absolute atomic E-state index is 0.122. The van der Waals surface area contributed by atoms with Gasteiger partial charge in [0.15, 0.2) is 16.6 Å². The van der Waals surface area contributed by atoms with Crippen LogP contribution in [0.5, 0.6) is 0 Å². The molecule has 196 valence electrons. The molecule has 1 saturated heterocycles. The lowest BCUT2D eigenvalue weighted by Gasteiger charge is -2.51. The van der Waals surface area contributed by atoms with Crippen molar-refractivity contribution in [3.8, 4) is 0 Å². The molecule has 1 aliphatic rings. The minimum atomic E-state index is -2.07. The van der Waals surface area contributed by atoms with Crippen molar-refractivity contribution >= 4 is 22.5 Å². The second kappa shape index (κ2) is 14.9. The summed E-state index contributed by atoms with van der Waals surface area (Å²) >= 11 is 0. The first-order chi connectivity index (χ1) is 15.7. The maximum atomic E-state index is 12.3. The van der Waals surface area contributed by atoms with E-state index in [9.17, 15) is 9.90 Å². The standard InChI is InChI=1S/C23H49NO7Si2/c1-9-32(10-2,11-3)30-22-19(15-25)29-20(16-28-17-27-8)21(24-18(7)26)23(22)31-33(12-4,13-5)14-6/h19-23,25H,9-17H2,1-8H3,(H,24,26)/t19-,20+,21+,22-,23+/m1/s1. The van der Waals surface area contributed by atoms with Gasteiger partial charge in [0.2, 0.25) is 5.91 Å². The Hall–Kier alpha value is -0.336. The molecule has 0 unspecified atom stereocenters. The highest BCUT2D eigenvalue weighted by atomic mass is 28.4. The van der Waals surface area contributed by atoms with Crippen LogP contribution in [0.25, 0.3) is 0 Å². The second-order valence-corrected chi connectivity index (χ2v) is 18.5. The lowest BCUT2D eigenvalue weighted by Crippen LogP contribution is -2.69. The Labute approximate surface area is 203 Å². The van der Waals surface area contributed by atoms with Gasteiger partial charge >= 0.3 is 0 Å². The number of methoxy groups -OCH3 is 1. The molecule has 0 saturated carbocycles. The van der Waals surface area contributed by atoms with Gasteiger partial charge in [-0.25, -0.2) is 0 Å². The van der Waals surface area contributed by atoms with E-state index in [2.05, 4.69) is 46.9 Å². The fourth-order valence-electron chi connectivity index (χ4n) is 4.82. The number of amides is 1. The number of aliphatic hydroxyl groups excluding tert-OH is 1. The Balaban J connectivity index is 3.50. The molecule has 1 aliphatic heterocycles. The van der Waals surface area contributed by atoms with Crippen LogP contribution in [0.4, 0.5) is 0 Å². The number of carbonyl (C=O) groups excluding carboxylic acids is 1. The number of nitrogens with one attached hydrogen (secondary N) is 1. The molecule has 1 heterocycles. The average Bonchev–Trinajstić information content (AvgIpc) is 2.83. The first kappa shape index (κ1) is 30.7. The van der Waals surface area contributed by atoms with Gasteiger partial charge in [0.25, 0.3) is 0 Å². The molecular weight excluding hydrogens is 458 g/mol. The highest BCUT2D eigenvalue weighted by Crippen LogP contribution is 2.35. The Morgan fingerprint density at radius 2 is 1.36 bits per heavy atom. The predicted octanol–water partition coefficient (Wildman–Crippen LogP) is 3.65. The highest BCUT2D eigenvalue weighted by Gasteiger charge is 2.52. The van der Waals surface area contributed by atoms with Crippen LogP contribution in [0.15, 0.2) is 0 Å². The third kappa shape index (κ3) is 8.10. The summed E-state index contributed by atoms with van der Waals surface area (Å²) in [7, 11) is -2.56. The molecule has 5 atom stereocenters. The summed E-state index contributed by atoms with van der Waals surface area (Å²) in [6.07, 6.45) is -1.90. The van der Waals surface area contributed by atoms with E-state index in [1.165, 1.54) is 6.92 Å². The van der Waals surface area contributed by atoms with E-state index in [4.69, 9.17) is 23.1 Å². The summed E-state index contributed by atoms with van der Waals surface area (Å²) in [4.78, 5) is 12.3. The van der Waals surface area contributed by atoms with Gasteiger partial charge in [-0.1, -0.05) is 41.5 Å². The van der Waals surface area contributed by atoms with E-state index in [1.807, 2.05) is 0 Å². The number of rotatable bonds is 16. The molecule has 0 aromatic rings. The molecule has 33 heavy (non-hydrogen) atoms. The third-order valence-corrected chi connectivity index (χ3v) is 16.7. The Kier molecular flexibility index (Phi) is 13.9. The summed E-state index contributed by atoms with van der Waals surface area (Å²) in [5.41, 5.74) is 0. The first-order valence-electron chi connectivity index (χ1n) is 12.7. The quantitative estimate of drug-likeness (QED) is 0.187. The Morgan fingerprint density at radius 3 is 1.76 bits per heavy atom. The smallest absolute Gasteiger partial charge is 0.217 e. The van der Waals surface area contributed by atoms with Crippen LogP contribution >= 0.6 is 0 Å². The van der Waals surface area contributed by atoms with Crippen LogP contribution in [-0.4, -0.2) is 85.2 Å². The highest BCUT2D eigenvalue weighted by molar-refractivity contribution is 6.74. The number of carbonyl (C=O) groups is 1. The van der Waals surface area contributed by atoms with Crippen molar-refractivity contribution in [2.24, 2.45) is 0 Å². The summed E-state index contributed by atoms with van der Waals surface area (Å²) in [6.45, 7) is 14.8. The van der Waals surface area contributed by atoms with Crippen molar-refractivity contribution < 1.29 is 33.0 Å². The van der Waals surface area contributed by atoms with Crippen molar-refractivity contribution in [1.82, 2.24) is 5.32 Å². The van der Waals surface area contributed by atoms with Crippen molar-refractivity contribution in [2.45, 2.75) is 115 Å². The number of ether oxygens (including phenoxy) is 3. The molecule has 0 spiro atoms. The number of aliphatic hydroxyl groups is 1. The summed E-state index contributed by atoms with van der Waals surface area (Å²) in [5, 5.41) is 13.4. The van der Waals surface area contributed by atoms with Gasteiger partial charge in [-0.15, -0.1) is 0 Å². The molecular formula is C23H49NO7Si2. The molecule has 1 amide bonds. The van der Waals surface area contributed by atoms with Crippen LogP contribution in [0.2, 0.25) is 36.3 Å². The molecule has 10 heteroatoms. The van der Waals surface area contributed by atoms with Crippen molar-refractivity contribution in [2.75, 3.05) is 27.1 Å². The van der Waals surface area contributed by atoms with E-state index in [-0.39, 0.29) is 25.9 Å². The normalized spacial score (nSPS) is 26.4. The van der Waals surface area contributed by atoms with Gasteiger partial charge in [-0.3, -0.25) is 4.79 Å². The lowest BCUT2D eigenvalue weighted by molar-refractivity contribution is -0.204.